The number of thiophene rings is 1. The maximum Gasteiger partial charge on any atom is 0.340 e. The van der Waals surface area contributed by atoms with Crippen LogP contribution in [0.15, 0.2) is 41.8 Å². The molecule has 148 valence electrons. The van der Waals surface area contributed by atoms with Crippen molar-refractivity contribution in [3.8, 4) is 0 Å². The Bertz CT molecular complexity index is 849. The summed E-state index contributed by atoms with van der Waals surface area (Å²) in [6.45, 7) is 6.62. The van der Waals surface area contributed by atoms with Crippen LogP contribution in [0.4, 0.5) is 0 Å². The van der Waals surface area contributed by atoms with E-state index in [-0.39, 0.29) is 24.7 Å². The van der Waals surface area contributed by atoms with Crippen molar-refractivity contribution in [2.75, 3.05) is 19.7 Å². The fourth-order valence-corrected chi connectivity index (χ4v) is 4.00. The first-order chi connectivity index (χ1) is 13.4. The summed E-state index contributed by atoms with van der Waals surface area (Å²) >= 11 is 1.46. The van der Waals surface area contributed by atoms with E-state index in [9.17, 15) is 9.59 Å². The van der Waals surface area contributed by atoms with Crippen LogP contribution in [0.2, 0.25) is 0 Å². The molecule has 28 heavy (non-hydrogen) atoms. The number of nitrogens with zero attached hydrogens (tertiary/aromatic N) is 1. The number of benzene rings is 1. The van der Waals surface area contributed by atoms with E-state index in [1.165, 1.54) is 11.3 Å². The summed E-state index contributed by atoms with van der Waals surface area (Å²) in [6.07, 6.45) is 1.77. The third-order valence-electron chi connectivity index (χ3n) is 4.46. The minimum atomic E-state index is -0.494. The van der Waals surface area contributed by atoms with Crippen molar-refractivity contribution in [2.45, 2.75) is 33.0 Å². The average molecular weight is 400 g/mol. The molecule has 0 radical (unpaired) electrons. The van der Waals surface area contributed by atoms with Gasteiger partial charge in [0.05, 0.1) is 17.8 Å². The molecule has 0 N–H and O–H groups in total. The zero-order valence-corrected chi connectivity index (χ0v) is 17.2. The first-order valence-electron chi connectivity index (χ1n) is 9.35. The van der Waals surface area contributed by atoms with Gasteiger partial charge < -0.3 is 14.4 Å². The molecule has 1 aliphatic heterocycles. The normalized spacial score (nSPS) is 20.1. The number of esters is 1. The van der Waals surface area contributed by atoms with E-state index in [4.69, 9.17) is 9.47 Å². The maximum absolute atomic E-state index is 12.8. The molecular formula is C22H25NO4S. The van der Waals surface area contributed by atoms with Gasteiger partial charge in [0, 0.05) is 18.0 Å². The lowest BCUT2D eigenvalue weighted by molar-refractivity contribution is -0.154. The number of rotatable bonds is 5. The molecule has 5 nitrogen and oxygen atoms in total. The van der Waals surface area contributed by atoms with Crippen LogP contribution in [0, 0.1) is 6.92 Å². The smallest absolute Gasteiger partial charge is 0.340 e. The highest BCUT2D eigenvalue weighted by Crippen LogP contribution is 2.24. The largest absolute Gasteiger partial charge is 0.452 e. The molecule has 1 aromatic heterocycles. The lowest BCUT2D eigenvalue weighted by Crippen LogP contribution is -2.49. The minimum Gasteiger partial charge on any atom is -0.452 e. The first-order valence-corrected chi connectivity index (χ1v) is 10.2. The predicted octanol–water partition coefficient (Wildman–Crippen LogP) is 3.78. The van der Waals surface area contributed by atoms with Gasteiger partial charge in [0.1, 0.15) is 0 Å². The number of ether oxygens (including phenoxy) is 2. The standard InChI is InChI=1S/C22H25NO4S/c1-15-6-4-7-18(10-15)11-19(20-8-5-9-28-20)22(25)26-14-21(24)23-12-16(2)27-17(3)13-23/h4-11,16-17H,12-14H2,1-3H3/b19-11+/t16-,17-/m0/s1. The van der Waals surface area contributed by atoms with Gasteiger partial charge in [-0.1, -0.05) is 35.9 Å². The van der Waals surface area contributed by atoms with E-state index < -0.39 is 5.97 Å². The number of hydrogen-bond acceptors (Lipinski definition) is 5. The van der Waals surface area contributed by atoms with Gasteiger partial charge in [-0.05, 0) is 43.9 Å². The molecule has 0 aliphatic carbocycles. The van der Waals surface area contributed by atoms with Crippen LogP contribution in [0.1, 0.15) is 29.9 Å². The van der Waals surface area contributed by atoms with Gasteiger partial charge in [0.25, 0.3) is 5.91 Å². The summed E-state index contributed by atoms with van der Waals surface area (Å²) in [4.78, 5) is 27.8. The monoisotopic (exact) mass is 399 g/mol. The molecule has 6 heteroatoms. The SMILES string of the molecule is Cc1cccc(/C=C(/C(=O)OCC(=O)N2C[C@H](C)O[C@@H](C)C2)c2cccs2)c1. The fourth-order valence-electron chi connectivity index (χ4n) is 3.27. The number of hydrogen-bond donors (Lipinski definition) is 0. The maximum atomic E-state index is 12.8. The Hall–Kier alpha value is -2.44. The number of carbonyl (C=O) groups is 2. The number of aryl methyl sites for hydroxylation is 1. The number of amides is 1. The molecule has 1 saturated heterocycles. The summed E-state index contributed by atoms with van der Waals surface area (Å²) in [7, 11) is 0. The molecule has 3 rings (SSSR count). The van der Waals surface area contributed by atoms with Crippen LogP contribution in [0.25, 0.3) is 11.6 Å². The molecule has 0 saturated carbocycles. The van der Waals surface area contributed by atoms with Crippen LogP contribution in [-0.2, 0) is 19.1 Å². The Morgan fingerprint density at radius 1 is 1.21 bits per heavy atom. The van der Waals surface area contributed by atoms with Gasteiger partial charge in [0.2, 0.25) is 0 Å². The predicted molar refractivity (Wildman–Crippen MR) is 111 cm³/mol. The second kappa shape index (κ2) is 9.17. The van der Waals surface area contributed by atoms with Gasteiger partial charge >= 0.3 is 5.97 Å². The second-order valence-electron chi connectivity index (χ2n) is 7.08. The van der Waals surface area contributed by atoms with Crippen LogP contribution < -0.4 is 0 Å². The summed E-state index contributed by atoms with van der Waals surface area (Å²) in [6, 6.07) is 11.7. The van der Waals surface area contributed by atoms with Gasteiger partial charge in [-0.15, -0.1) is 11.3 Å². The highest BCUT2D eigenvalue weighted by Gasteiger charge is 2.27. The summed E-state index contributed by atoms with van der Waals surface area (Å²) in [5, 5.41) is 1.91. The molecule has 0 unspecified atom stereocenters. The molecular weight excluding hydrogens is 374 g/mol. The molecule has 2 aromatic rings. The number of carbonyl (C=O) groups excluding carboxylic acids is 2. The molecule has 1 fully saturated rings. The Morgan fingerprint density at radius 2 is 1.96 bits per heavy atom. The Balaban J connectivity index is 1.71. The second-order valence-corrected chi connectivity index (χ2v) is 8.03. The third kappa shape index (κ3) is 5.30. The van der Waals surface area contributed by atoms with Crippen molar-refractivity contribution in [3.05, 3.63) is 57.8 Å². The van der Waals surface area contributed by atoms with Crippen LogP contribution in [-0.4, -0.2) is 48.7 Å². The summed E-state index contributed by atoms with van der Waals surface area (Å²) in [5.74, 6) is -0.692. The fraction of sp³-hybridized carbons (Fsp3) is 0.364. The zero-order chi connectivity index (χ0) is 20.1. The van der Waals surface area contributed by atoms with Crippen molar-refractivity contribution in [3.63, 3.8) is 0 Å². The van der Waals surface area contributed by atoms with Crippen molar-refractivity contribution in [2.24, 2.45) is 0 Å². The van der Waals surface area contributed by atoms with E-state index >= 15 is 0 Å². The van der Waals surface area contributed by atoms with Crippen molar-refractivity contribution >= 4 is 34.9 Å². The highest BCUT2D eigenvalue weighted by atomic mass is 32.1. The van der Waals surface area contributed by atoms with Crippen LogP contribution in [0.3, 0.4) is 0 Å². The Labute approximate surface area is 169 Å². The van der Waals surface area contributed by atoms with Crippen molar-refractivity contribution in [1.82, 2.24) is 4.90 Å². The lowest BCUT2D eigenvalue weighted by Gasteiger charge is -2.35. The van der Waals surface area contributed by atoms with Crippen molar-refractivity contribution < 1.29 is 19.1 Å². The Kier molecular flexibility index (Phi) is 6.65. The molecule has 2 heterocycles. The quantitative estimate of drug-likeness (QED) is 0.567. The molecule has 0 bridgehead atoms. The molecule has 1 amide bonds. The van der Waals surface area contributed by atoms with Crippen molar-refractivity contribution in [1.29, 1.82) is 0 Å². The summed E-state index contributed by atoms with van der Waals surface area (Å²) in [5.41, 5.74) is 2.48. The highest BCUT2D eigenvalue weighted by molar-refractivity contribution is 7.11. The zero-order valence-electron chi connectivity index (χ0n) is 16.4. The first kappa shape index (κ1) is 20.3. The summed E-state index contributed by atoms with van der Waals surface area (Å²) < 4.78 is 11.0. The van der Waals surface area contributed by atoms with E-state index in [2.05, 4.69) is 0 Å². The van der Waals surface area contributed by atoms with Gasteiger partial charge in [-0.3, -0.25) is 4.79 Å². The Morgan fingerprint density at radius 3 is 2.61 bits per heavy atom. The van der Waals surface area contributed by atoms with Crippen LogP contribution in [0.5, 0.6) is 0 Å². The molecule has 2 atom stereocenters. The molecule has 0 spiro atoms. The van der Waals surface area contributed by atoms with E-state index in [0.717, 1.165) is 16.0 Å². The van der Waals surface area contributed by atoms with Gasteiger partial charge in [-0.2, -0.15) is 0 Å². The van der Waals surface area contributed by atoms with Crippen LogP contribution >= 0.6 is 11.3 Å². The molecule has 1 aromatic carbocycles. The lowest BCUT2D eigenvalue weighted by atomic mass is 10.1. The van der Waals surface area contributed by atoms with E-state index in [1.54, 1.807) is 4.90 Å². The van der Waals surface area contributed by atoms with E-state index in [1.807, 2.05) is 68.6 Å². The van der Waals surface area contributed by atoms with Gasteiger partial charge in [-0.25, -0.2) is 4.79 Å². The minimum absolute atomic E-state index is 0.0219. The van der Waals surface area contributed by atoms with Gasteiger partial charge in [0.15, 0.2) is 6.61 Å². The van der Waals surface area contributed by atoms with E-state index in [0.29, 0.717) is 18.7 Å². The third-order valence-corrected chi connectivity index (χ3v) is 5.36. The average Bonchev–Trinajstić information content (AvgIpc) is 3.17. The number of morpholine rings is 1. The topological polar surface area (TPSA) is 55.8 Å². The molecule has 1 aliphatic rings.